The van der Waals surface area contributed by atoms with Gasteiger partial charge in [0.2, 0.25) is 0 Å². The average Bonchev–Trinajstić information content (AvgIpc) is 3.85. The minimum Gasteiger partial charge on any atom is -0.456 e. The van der Waals surface area contributed by atoms with Crippen molar-refractivity contribution in [3.05, 3.63) is 182 Å². The first kappa shape index (κ1) is 28.0. The molecule has 11 rings (SSSR count). The Morgan fingerprint density at radius 3 is 1.69 bits per heavy atom. The molecule has 0 amide bonds. The second kappa shape index (κ2) is 10.8. The highest BCUT2D eigenvalue weighted by molar-refractivity contribution is 6.27. The van der Waals surface area contributed by atoms with Crippen LogP contribution >= 0.6 is 0 Å². The van der Waals surface area contributed by atoms with Gasteiger partial charge in [-0.3, -0.25) is 0 Å². The highest BCUT2D eigenvalue weighted by Crippen LogP contribution is 2.43. The molecule has 0 aliphatic rings. The van der Waals surface area contributed by atoms with E-state index >= 15 is 0 Å². The molecule has 3 heteroatoms. The van der Waals surface area contributed by atoms with E-state index in [9.17, 15) is 0 Å². The molecule has 0 radical (unpaired) electrons. The van der Waals surface area contributed by atoms with Crippen LogP contribution in [-0.2, 0) is 0 Å². The molecule has 11 aromatic rings. The molecule has 0 spiro atoms. The SMILES string of the molecule is c1ccc(-c2cccc(-n3c4ccccc4c4cc(-c5ccc6c(c5)c5c7c(ccc5n6-c5ccccc5)oc5ccccc57)ccc43)c2)cc1. The number of rotatable bonds is 4. The fourth-order valence-electron chi connectivity index (χ4n) is 8.25. The van der Waals surface area contributed by atoms with Crippen molar-refractivity contribution in [2.75, 3.05) is 0 Å². The smallest absolute Gasteiger partial charge is 0.136 e. The second-order valence-electron chi connectivity index (χ2n) is 13.3. The quantitative estimate of drug-likeness (QED) is 0.186. The van der Waals surface area contributed by atoms with E-state index in [0.717, 1.165) is 33.3 Å². The van der Waals surface area contributed by atoms with Crippen LogP contribution in [0.2, 0.25) is 0 Å². The maximum absolute atomic E-state index is 6.39. The number of hydrogen-bond donors (Lipinski definition) is 0. The standard InChI is InChI=1S/C48H30N2O/c1-3-12-31(13-4-1)32-14-11-17-36(28-32)50-41-20-9-7-18-37(41)39-29-33(22-24-42(39)50)34-23-25-43-40(30-34)47-44(49(43)35-15-5-2-6-16-35)26-27-46-48(47)38-19-8-10-21-45(38)51-46/h1-30H. The molecular formula is C48H30N2O. The van der Waals surface area contributed by atoms with Crippen molar-refractivity contribution in [1.82, 2.24) is 9.13 Å². The molecule has 0 saturated carbocycles. The van der Waals surface area contributed by atoms with Gasteiger partial charge in [0.05, 0.1) is 22.1 Å². The Hall–Kier alpha value is -6.84. The van der Waals surface area contributed by atoms with Crippen molar-refractivity contribution >= 4 is 65.6 Å². The number of benzene rings is 8. The Kier molecular flexibility index (Phi) is 5.96. The lowest BCUT2D eigenvalue weighted by molar-refractivity contribution is 0.669. The van der Waals surface area contributed by atoms with E-state index in [0.29, 0.717) is 0 Å². The Morgan fingerprint density at radius 2 is 0.863 bits per heavy atom. The second-order valence-corrected chi connectivity index (χ2v) is 13.3. The molecule has 0 N–H and O–H groups in total. The summed E-state index contributed by atoms with van der Waals surface area (Å²) in [4.78, 5) is 0. The monoisotopic (exact) mass is 650 g/mol. The van der Waals surface area contributed by atoms with Gasteiger partial charge in [0, 0.05) is 43.7 Å². The molecule has 0 bridgehead atoms. The zero-order chi connectivity index (χ0) is 33.5. The van der Waals surface area contributed by atoms with E-state index in [4.69, 9.17) is 4.42 Å². The minimum atomic E-state index is 0.909. The number of furan rings is 1. The van der Waals surface area contributed by atoms with Gasteiger partial charge in [0.15, 0.2) is 0 Å². The molecular weight excluding hydrogens is 621 g/mol. The molecule has 3 heterocycles. The van der Waals surface area contributed by atoms with E-state index in [1.54, 1.807) is 0 Å². The number of hydrogen-bond acceptors (Lipinski definition) is 1. The lowest BCUT2D eigenvalue weighted by Gasteiger charge is -2.11. The molecule has 0 unspecified atom stereocenters. The summed E-state index contributed by atoms with van der Waals surface area (Å²) in [5.41, 5.74) is 13.6. The van der Waals surface area contributed by atoms with Crippen LogP contribution in [-0.4, -0.2) is 9.13 Å². The van der Waals surface area contributed by atoms with E-state index < -0.39 is 0 Å². The van der Waals surface area contributed by atoms with Gasteiger partial charge >= 0.3 is 0 Å². The third-order valence-electron chi connectivity index (χ3n) is 10.5. The van der Waals surface area contributed by atoms with Crippen LogP contribution in [0.3, 0.4) is 0 Å². The Morgan fingerprint density at radius 1 is 0.294 bits per heavy atom. The van der Waals surface area contributed by atoms with Crippen molar-refractivity contribution in [2.45, 2.75) is 0 Å². The molecule has 0 saturated heterocycles. The lowest BCUT2D eigenvalue weighted by Crippen LogP contribution is -1.94. The van der Waals surface area contributed by atoms with Gasteiger partial charge in [-0.15, -0.1) is 0 Å². The predicted octanol–water partition coefficient (Wildman–Crippen LogP) is 13.1. The normalized spacial score (nSPS) is 11.9. The highest BCUT2D eigenvalue weighted by Gasteiger charge is 2.20. The zero-order valence-corrected chi connectivity index (χ0v) is 27.6. The minimum absolute atomic E-state index is 0.909. The molecule has 238 valence electrons. The van der Waals surface area contributed by atoms with E-state index in [2.05, 4.69) is 185 Å². The number of para-hydroxylation sites is 3. The van der Waals surface area contributed by atoms with Crippen LogP contribution in [0, 0.1) is 0 Å². The average molecular weight is 651 g/mol. The van der Waals surface area contributed by atoms with Crippen molar-refractivity contribution < 1.29 is 4.42 Å². The van der Waals surface area contributed by atoms with Crippen LogP contribution in [0.25, 0.3) is 99.2 Å². The fraction of sp³-hybridized carbons (Fsp3) is 0. The molecule has 0 aliphatic heterocycles. The molecule has 3 aromatic heterocycles. The lowest BCUT2D eigenvalue weighted by atomic mass is 9.99. The predicted molar refractivity (Wildman–Crippen MR) is 213 cm³/mol. The topological polar surface area (TPSA) is 23.0 Å². The van der Waals surface area contributed by atoms with Crippen LogP contribution in [0.15, 0.2) is 186 Å². The summed E-state index contributed by atoms with van der Waals surface area (Å²) >= 11 is 0. The Balaban J connectivity index is 1.15. The summed E-state index contributed by atoms with van der Waals surface area (Å²) in [5, 5.41) is 7.21. The molecule has 0 fully saturated rings. The van der Waals surface area contributed by atoms with Gasteiger partial charge in [0.1, 0.15) is 11.2 Å². The van der Waals surface area contributed by atoms with E-state index in [1.165, 1.54) is 65.9 Å². The summed E-state index contributed by atoms with van der Waals surface area (Å²) in [6, 6.07) is 65.5. The molecule has 3 nitrogen and oxygen atoms in total. The highest BCUT2D eigenvalue weighted by atomic mass is 16.3. The summed E-state index contributed by atoms with van der Waals surface area (Å²) < 4.78 is 11.2. The third kappa shape index (κ3) is 4.19. The van der Waals surface area contributed by atoms with Gasteiger partial charge in [-0.05, 0) is 95.1 Å². The van der Waals surface area contributed by atoms with Crippen molar-refractivity contribution in [2.24, 2.45) is 0 Å². The van der Waals surface area contributed by atoms with Crippen LogP contribution < -0.4 is 0 Å². The Labute approximate surface area is 293 Å². The van der Waals surface area contributed by atoms with Gasteiger partial charge in [0.25, 0.3) is 0 Å². The van der Waals surface area contributed by atoms with Gasteiger partial charge in [-0.1, -0.05) is 109 Å². The van der Waals surface area contributed by atoms with Crippen molar-refractivity contribution in [3.63, 3.8) is 0 Å². The summed E-state index contributed by atoms with van der Waals surface area (Å²) in [5.74, 6) is 0. The van der Waals surface area contributed by atoms with Crippen LogP contribution in [0.5, 0.6) is 0 Å². The van der Waals surface area contributed by atoms with E-state index in [1.807, 2.05) is 6.07 Å². The number of fused-ring (bicyclic) bond motifs is 10. The molecule has 0 aliphatic carbocycles. The van der Waals surface area contributed by atoms with Crippen LogP contribution in [0.4, 0.5) is 0 Å². The Bertz CT molecular complexity index is 3130. The van der Waals surface area contributed by atoms with Gasteiger partial charge < -0.3 is 13.6 Å². The number of aromatic nitrogens is 2. The van der Waals surface area contributed by atoms with E-state index in [-0.39, 0.29) is 0 Å². The first-order valence-corrected chi connectivity index (χ1v) is 17.4. The van der Waals surface area contributed by atoms with Crippen molar-refractivity contribution in [1.29, 1.82) is 0 Å². The zero-order valence-electron chi connectivity index (χ0n) is 27.6. The maximum Gasteiger partial charge on any atom is 0.136 e. The third-order valence-corrected chi connectivity index (χ3v) is 10.5. The first-order valence-electron chi connectivity index (χ1n) is 17.4. The molecule has 0 atom stereocenters. The van der Waals surface area contributed by atoms with Gasteiger partial charge in [-0.2, -0.15) is 0 Å². The number of nitrogens with zero attached hydrogens (tertiary/aromatic N) is 2. The summed E-state index contributed by atoms with van der Waals surface area (Å²) in [6.07, 6.45) is 0. The summed E-state index contributed by atoms with van der Waals surface area (Å²) in [6.45, 7) is 0. The van der Waals surface area contributed by atoms with Crippen molar-refractivity contribution in [3.8, 4) is 33.6 Å². The summed E-state index contributed by atoms with van der Waals surface area (Å²) in [7, 11) is 0. The molecule has 8 aromatic carbocycles. The molecule has 51 heavy (non-hydrogen) atoms. The maximum atomic E-state index is 6.39. The largest absolute Gasteiger partial charge is 0.456 e. The van der Waals surface area contributed by atoms with Gasteiger partial charge in [-0.25, -0.2) is 0 Å². The fourth-order valence-corrected chi connectivity index (χ4v) is 8.25. The van der Waals surface area contributed by atoms with Crippen LogP contribution in [0.1, 0.15) is 0 Å². The first-order chi connectivity index (χ1) is 25.3.